The fourth-order valence-electron chi connectivity index (χ4n) is 1.72. The molecule has 0 spiro atoms. The maximum absolute atomic E-state index is 13.3. The molecule has 0 saturated carbocycles. The molecule has 0 atom stereocenters. The van der Waals surface area contributed by atoms with Crippen molar-refractivity contribution in [3.8, 4) is 12.3 Å². The molecule has 2 N–H and O–H groups in total. The van der Waals surface area contributed by atoms with Crippen LogP contribution >= 0.6 is 0 Å². The van der Waals surface area contributed by atoms with E-state index in [0.717, 1.165) is 18.2 Å². The molecule has 2 aromatic carbocycles. The average molecular weight is 319 g/mol. The van der Waals surface area contributed by atoms with Gasteiger partial charge in [0.2, 0.25) is 0 Å². The maximum Gasteiger partial charge on any atom is 0.338 e. The van der Waals surface area contributed by atoms with Gasteiger partial charge in [0, 0.05) is 5.56 Å². The third kappa shape index (κ3) is 3.24. The molecule has 2 aromatic rings. The van der Waals surface area contributed by atoms with Crippen LogP contribution in [0.25, 0.3) is 0 Å². The van der Waals surface area contributed by atoms with Gasteiger partial charge in [-0.05, 0) is 36.4 Å². The summed E-state index contributed by atoms with van der Waals surface area (Å²) in [7, 11) is -4.06. The van der Waals surface area contributed by atoms with E-state index in [4.69, 9.17) is 11.5 Å². The number of carboxylic acid groups (broad SMARTS) is 1. The molecule has 0 amide bonds. The van der Waals surface area contributed by atoms with Crippen LogP contribution in [0.1, 0.15) is 15.9 Å². The van der Waals surface area contributed by atoms with Crippen molar-refractivity contribution in [2.75, 3.05) is 4.72 Å². The number of hydrogen-bond acceptors (Lipinski definition) is 3. The van der Waals surface area contributed by atoms with E-state index in [9.17, 15) is 17.6 Å². The van der Waals surface area contributed by atoms with E-state index in [1.807, 2.05) is 0 Å². The molecule has 0 aliphatic heterocycles. The summed E-state index contributed by atoms with van der Waals surface area (Å²) in [6, 6.07) is 8.65. The van der Waals surface area contributed by atoms with Crippen molar-refractivity contribution < 1.29 is 22.7 Å². The molecule has 0 unspecified atom stereocenters. The normalized spacial score (nSPS) is 10.7. The van der Waals surface area contributed by atoms with Gasteiger partial charge in [0.05, 0.1) is 16.1 Å². The lowest BCUT2D eigenvalue weighted by molar-refractivity contribution is 0.0691. The van der Waals surface area contributed by atoms with Gasteiger partial charge in [-0.25, -0.2) is 17.6 Å². The second-order valence-corrected chi connectivity index (χ2v) is 5.96. The zero-order valence-corrected chi connectivity index (χ0v) is 11.9. The summed E-state index contributed by atoms with van der Waals surface area (Å²) in [6.45, 7) is 0. The minimum atomic E-state index is -4.06. The average Bonchev–Trinajstić information content (AvgIpc) is 2.46. The monoisotopic (exact) mass is 319 g/mol. The van der Waals surface area contributed by atoms with Crippen molar-refractivity contribution in [1.29, 1.82) is 0 Å². The van der Waals surface area contributed by atoms with Crippen molar-refractivity contribution in [2.45, 2.75) is 4.90 Å². The SMILES string of the molecule is C#Cc1cccc(NS(=O)(=O)c2ccc(F)c(C(=O)O)c2)c1. The summed E-state index contributed by atoms with van der Waals surface area (Å²) in [5.41, 5.74) is -0.0255. The number of anilines is 1. The van der Waals surface area contributed by atoms with Crippen molar-refractivity contribution >= 4 is 21.7 Å². The third-order valence-corrected chi connectivity index (χ3v) is 4.14. The summed E-state index contributed by atoms with van der Waals surface area (Å²) in [5.74, 6) is -0.203. The number of halogens is 1. The van der Waals surface area contributed by atoms with E-state index < -0.39 is 27.4 Å². The minimum Gasteiger partial charge on any atom is -0.478 e. The molecule has 0 aliphatic rings. The molecule has 0 aliphatic carbocycles. The summed E-state index contributed by atoms with van der Waals surface area (Å²) < 4.78 is 40.0. The number of terminal acetylenes is 1. The Morgan fingerprint density at radius 2 is 1.95 bits per heavy atom. The first-order valence-electron chi connectivity index (χ1n) is 5.96. The Hall–Kier alpha value is -2.85. The van der Waals surface area contributed by atoms with Crippen molar-refractivity contribution in [1.82, 2.24) is 0 Å². The Kier molecular flexibility index (Phi) is 4.15. The molecular formula is C15H10FNO4S. The lowest BCUT2D eigenvalue weighted by Crippen LogP contribution is -2.14. The van der Waals surface area contributed by atoms with Crippen LogP contribution in [0.3, 0.4) is 0 Å². The maximum atomic E-state index is 13.3. The van der Waals surface area contributed by atoms with Gasteiger partial charge in [-0.2, -0.15) is 0 Å². The standard InChI is InChI=1S/C15H10FNO4S/c1-2-10-4-3-5-11(8-10)17-22(20,21)12-6-7-14(16)13(9-12)15(18)19/h1,3-9,17H,(H,18,19). The number of rotatable bonds is 4. The summed E-state index contributed by atoms with van der Waals surface area (Å²) in [6.07, 6.45) is 5.23. The molecule has 0 heterocycles. The van der Waals surface area contributed by atoms with Gasteiger partial charge in [0.1, 0.15) is 5.82 Å². The summed E-state index contributed by atoms with van der Waals surface area (Å²) >= 11 is 0. The molecule has 0 fully saturated rings. The van der Waals surface area contributed by atoms with Gasteiger partial charge in [-0.1, -0.05) is 12.0 Å². The second-order valence-electron chi connectivity index (χ2n) is 4.28. The highest BCUT2D eigenvalue weighted by Crippen LogP contribution is 2.19. The first-order chi connectivity index (χ1) is 10.3. The largest absolute Gasteiger partial charge is 0.478 e. The van der Waals surface area contributed by atoms with E-state index in [1.54, 1.807) is 12.1 Å². The summed E-state index contributed by atoms with van der Waals surface area (Å²) in [4.78, 5) is 10.5. The van der Waals surface area contributed by atoms with Crippen molar-refractivity contribution in [3.63, 3.8) is 0 Å². The van der Waals surface area contributed by atoms with Crippen LogP contribution in [0.5, 0.6) is 0 Å². The molecule has 0 radical (unpaired) electrons. The van der Waals surface area contributed by atoms with Gasteiger partial charge < -0.3 is 5.11 Å². The van der Waals surface area contributed by atoms with Crippen molar-refractivity contribution in [2.24, 2.45) is 0 Å². The topological polar surface area (TPSA) is 83.5 Å². The number of benzene rings is 2. The van der Waals surface area contributed by atoms with E-state index >= 15 is 0 Å². The Morgan fingerprint density at radius 3 is 2.59 bits per heavy atom. The fourth-order valence-corrected chi connectivity index (χ4v) is 2.80. The van der Waals surface area contributed by atoms with Crippen LogP contribution in [0.15, 0.2) is 47.4 Å². The zero-order valence-electron chi connectivity index (χ0n) is 11.1. The van der Waals surface area contributed by atoms with Gasteiger partial charge >= 0.3 is 5.97 Å². The number of hydrogen-bond donors (Lipinski definition) is 2. The van der Waals surface area contributed by atoms with Crippen LogP contribution in [0.2, 0.25) is 0 Å². The fraction of sp³-hybridized carbons (Fsp3) is 0. The highest BCUT2D eigenvalue weighted by Gasteiger charge is 2.19. The first kappa shape index (κ1) is 15.5. The van der Waals surface area contributed by atoms with Crippen molar-refractivity contribution in [3.05, 3.63) is 59.4 Å². The van der Waals surface area contributed by atoms with Gasteiger partial charge in [0.15, 0.2) is 0 Å². The number of nitrogens with one attached hydrogen (secondary N) is 1. The van der Waals surface area contributed by atoms with Crippen LogP contribution < -0.4 is 4.72 Å². The smallest absolute Gasteiger partial charge is 0.338 e. The number of aromatic carboxylic acids is 1. The second kappa shape index (κ2) is 5.87. The van der Waals surface area contributed by atoms with Gasteiger partial charge in [0.25, 0.3) is 10.0 Å². The Bertz CT molecular complexity index is 885. The Labute approximate surface area is 126 Å². The molecule has 5 nitrogen and oxygen atoms in total. The lowest BCUT2D eigenvalue weighted by Gasteiger charge is -2.09. The lowest BCUT2D eigenvalue weighted by atomic mass is 10.2. The molecule has 7 heteroatoms. The molecule has 0 saturated heterocycles. The summed E-state index contributed by atoms with van der Waals surface area (Å²) in [5, 5.41) is 8.84. The molecule has 2 rings (SSSR count). The Morgan fingerprint density at radius 1 is 1.23 bits per heavy atom. The van der Waals surface area contributed by atoms with Crippen LogP contribution in [0, 0.1) is 18.2 Å². The molecule has 22 heavy (non-hydrogen) atoms. The van der Waals surface area contributed by atoms with E-state index in [0.29, 0.717) is 5.56 Å². The van der Waals surface area contributed by atoms with E-state index in [1.165, 1.54) is 12.1 Å². The molecular weight excluding hydrogens is 309 g/mol. The highest BCUT2D eigenvalue weighted by atomic mass is 32.2. The van der Waals surface area contributed by atoms with Crippen LogP contribution in [0.4, 0.5) is 10.1 Å². The quantitative estimate of drug-likeness (QED) is 0.847. The predicted octanol–water partition coefficient (Wildman–Crippen LogP) is 2.31. The highest BCUT2D eigenvalue weighted by molar-refractivity contribution is 7.92. The third-order valence-electron chi connectivity index (χ3n) is 2.76. The number of carbonyl (C=O) groups is 1. The zero-order chi connectivity index (χ0) is 16.3. The van der Waals surface area contributed by atoms with E-state index in [-0.39, 0.29) is 10.6 Å². The first-order valence-corrected chi connectivity index (χ1v) is 7.44. The van der Waals surface area contributed by atoms with Gasteiger partial charge in [-0.15, -0.1) is 6.42 Å². The van der Waals surface area contributed by atoms with E-state index in [2.05, 4.69) is 10.6 Å². The molecule has 112 valence electrons. The Balaban J connectivity index is 2.41. The molecule has 0 aromatic heterocycles. The van der Waals surface area contributed by atoms with Crippen LogP contribution in [-0.4, -0.2) is 19.5 Å². The predicted molar refractivity (Wildman–Crippen MR) is 78.5 cm³/mol. The molecule has 0 bridgehead atoms. The number of sulfonamides is 1. The number of carboxylic acids is 1. The van der Waals surface area contributed by atoms with Gasteiger partial charge in [-0.3, -0.25) is 4.72 Å². The minimum absolute atomic E-state index is 0.219. The van der Waals surface area contributed by atoms with Crippen LogP contribution in [-0.2, 0) is 10.0 Å².